The standard InChI is InChI=1S/C14H16N6/c1-20(7-6-15)14-8-13(17-10-18-14)19-12-5-3-2-4-11(12)9-16/h2-5,8,10H,6-7,15H2,1H3,(H,17,18,19). The zero-order valence-corrected chi connectivity index (χ0v) is 11.2. The van der Waals surface area contributed by atoms with E-state index < -0.39 is 0 Å². The van der Waals surface area contributed by atoms with Gasteiger partial charge in [0.15, 0.2) is 0 Å². The Morgan fingerprint density at radius 2 is 2.15 bits per heavy atom. The van der Waals surface area contributed by atoms with Gasteiger partial charge in [-0.1, -0.05) is 12.1 Å². The van der Waals surface area contributed by atoms with Crippen LogP contribution in [0.2, 0.25) is 0 Å². The summed E-state index contributed by atoms with van der Waals surface area (Å²) in [7, 11) is 1.92. The Morgan fingerprint density at radius 3 is 2.90 bits per heavy atom. The minimum absolute atomic E-state index is 0.556. The molecule has 1 aromatic heterocycles. The first kappa shape index (κ1) is 13.8. The lowest BCUT2D eigenvalue weighted by Crippen LogP contribution is -2.25. The van der Waals surface area contributed by atoms with Crippen molar-refractivity contribution in [1.29, 1.82) is 5.26 Å². The second-order valence-electron chi connectivity index (χ2n) is 4.25. The van der Waals surface area contributed by atoms with Crippen molar-refractivity contribution < 1.29 is 0 Å². The normalized spacial score (nSPS) is 9.85. The Balaban J connectivity index is 2.22. The maximum absolute atomic E-state index is 9.06. The number of para-hydroxylation sites is 1. The van der Waals surface area contributed by atoms with Crippen LogP contribution in [0.4, 0.5) is 17.3 Å². The average Bonchev–Trinajstić information content (AvgIpc) is 2.48. The van der Waals surface area contributed by atoms with Gasteiger partial charge >= 0.3 is 0 Å². The van der Waals surface area contributed by atoms with Crippen LogP contribution in [0.5, 0.6) is 0 Å². The summed E-state index contributed by atoms with van der Waals surface area (Å²) in [6.07, 6.45) is 1.49. The van der Waals surface area contributed by atoms with Gasteiger partial charge in [0.1, 0.15) is 24.0 Å². The van der Waals surface area contributed by atoms with Crippen LogP contribution in [0, 0.1) is 11.3 Å². The minimum Gasteiger partial charge on any atom is -0.358 e. The highest BCUT2D eigenvalue weighted by atomic mass is 15.2. The second kappa shape index (κ2) is 6.50. The molecule has 0 aliphatic carbocycles. The molecule has 3 N–H and O–H groups in total. The molecule has 6 heteroatoms. The molecule has 0 bridgehead atoms. The van der Waals surface area contributed by atoms with E-state index in [1.807, 2.05) is 36.2 Å². The highest BCUT2D eigenvalue weighted by Crippen LogP contribution is 2.20. The lowest BCUT2D eigenvalue weighted by molar-refractivity contribution is 0.864. The minimum atomic E-state index is 0.556. The summed E-state index contributed by atoms with van der Waals surface area (Å²) in [4.78, 5) is 10.3. The van der Waals surface area contributed by atoms with Crippen molar-refractivity contribution in [2.45, 2.75) is 0 Å². The van der Waals surface area contributed by atoms with Gasteiger partial charge in [-0.3, -0.25) is 0 Å². The average molecular weight is 268 g/mol. The van der Waals surface area contributed by atoms with Crippen molar-refractivity contribution in [3.05, 3.63) is 42.2 Å². The largest absolute Gasteiger partial charge is 0.358 e. The van der Waals surface area contributed by atoms with Gasteiger partial charge in [-0.2, -0.15) is 5.26 Å². The predicted molar refractivity (Wildman–Crippen MR) is 78.8 cm³/mol. The van der Waals surface area contributed by atoms with Crippen molar-refractivity contribution in [3.63, 3.8) is 0 Å². The third kappa shape index (κ3) is 3.22. The van der Waals surface area contributed by atoms with E-state index in [0.29, 0.717) is 24.5 Å². The van der Waals surface area contributed by atoms with E-state index >= 15 is 0 Å². The molecule has 0 aliphatic heterocycles. The zero-order valence-electron chi connectivity index (χ0n) is 11.2. The Labute approximate surface area is 117 Å². The lowest BCUT2D eigenvalue weighted by Gasteiger charge is -2.17. The molecule has 0 atom stereocenters. The van der Waals surface area contributed by atoms with Crippen molar-refractivity contribution in [2.75, 3.05) is 30.4 Å². The van der Waals surface area contributed by atoms with E-state index in [4.69, 9.17) is 11.0 Å². The van der Waals surface area contributed by atoms with Gasteiger partial charge in [-0.15, -0.1) is 0 Å². The lowest BCUT2D eigenvalue weighted by atomic mass is 10.2. The van der Waals surface area contributed by atoms with Crippen LogP contribution in [0.3, 0.4) is 0 Å². The van der Waals surface area contributed by atoms with Gasteiger partial charge in [-0.25, -0.2) is 9.97 Å². The quantitative estimate of drug-likeness (QED) is 0.853. The molecule has 0 spiro atoms. The molecule has 0 saturated heterocycles. The first-order chi connectivity index (χ1) is 9.74. The van der Waals surface area contributed by atoms with Crippen molar-refractivity contribution in [2.24, 2.45) is 5.73 Å². The predicted octanol–water partition coefficient (Wildman–Crippen LogP) is 1.49. The van der Waals surface area contributed by atoms with E-state index in [-0.39, 0.29) is 0 Å². The molecule has 0 unspecified atom stereocenters. The summed E-state index contributed by atoms with van der Waals surface area (Å²) in [6.45, 7) is 1.27. The van der Waals surface area contributed by atoms with Gasteiger partial charge in [0, 0.05) is 26.2 Å². The number of likely N-dealkylation sites (N-methyl/N-ethyl adjacent to an activating group) is 1. The number of nitrogens with one attached hydrogen (secondary N) is 1. The highest BCUT2D eigenvalue weighted by Gasteiger charge is 2.06. The van der Waals surface area contributed by atoms with Crippen molar-refractivity contribution in [3.8, 4) is 6.07 Å². The smallest absolute Gasteiger partial charge is 0.135 e. The third-order valence-corrected chi connectivity index (χ3v) is 2.82. The molecular weight excluding hydrogens is 252 g/mol. The molecule has 0 radical (unpaired) electrons. The number of rotatable bonds is 5. The van der Waals surface area contributed by atoms with E-state index in [9.17, 15) is 0 Å². The molecule has 2 rings (SSSR count). The summed E-state index contributed by atoms with van der Waals surface area (Å²) >= 11 is 0. The number of aromatic nitrogens is 2. The molecule has 0 saturated carbocycles. The molecule has 0 fully saturated rings. The van der Waals surface area contributed by atoms with Crippen LogP contribution in [0.15, 0.2) is 36.7 Å². The number of nitrogens with two attached hydrogens (primary N) is 1. The molecule has 6 nitrogen and oxygen atoms in total. The maximum Gasteiger partial charge on any atom is 0.135 e. The van der Waals surface area contributed by atoms with E-state index in [1.54, 1.807) is 6.07 Å². The second-order valence-corrected chi connectivity index (χ2v) is 4.25. The Hall–Kier alpha value is -2.65. The van der Waals surface area contributed by atoms with Gasteiger partial charge < -0.3 is 16.0 Å². The summed E-state index contributed by atoms with van der Waals surface area (Å²) in [6, 6.07) is 11.2. The third-order valence-electron chi connectivity index (χ3n) is 2.82. The van der Waals surface area contributed by atoms with Crippen LogP contribution in [-0.2, 0) is 0 Å². The Bertz CT molecular complexity index is 619. The van der Waals surface area contributed by atoms with E-state index in [2.05, 4.69) is 21.4 Å². The molecule has 0 aliphatic rings. The first-order valence-corrected chi connectivity index (χ1v) is 6.24. The number of nitrogens with zero attached hydrogens (tertiary/aromatic N) is 4. The monoisotopic (exact) mass is 268 g/mol. The molecule has 20 heavy (non-hydrogen) atoms. The Kier molecular flexibility index (Phi) is 4.47. The van der Waals surface area contributed by atoms with Crippen LogP contribution >= 0.6 is 0 Å². The molecule has 2 aromatic rings. The molecule has 102 valence electrons. The fourth-order valence-corrected chi connectivity index (χ4v) is 1.76. The van der Waals surface area contributed by atoms with E-state index in [0.717, 1.165) is 11.5 Å². The van der Waals surface area contributed by atoms with E-state index in [1.165, 1.54) is 6.33 Å². The van der Waals surface area contributed by atoms with Gasteiger partial charge in [-0.05, 0) is 12.1 Å². The van der Waals surface area contributed by atoms with Gasteiger partial charge in [0.25, 0.3) is 0 Å². The summed E-state index contributed by atoms with van der Waals surface area (Å²) < 4.78 is 0. The zero-order chi connectivity index (χ0) is 14.4. The van der Waals surface area contributed by atoms with Crippen LogP contribution in [-0.4, -0.2) is 30.1 Å². The van der Waals surface area contributed by atoms with Gasteiger partial charge in [0.2, 0.25) is 0 Å². The Morgan fingerprint density at radius 1 is 1.35 bits per heavy atom. The molecule has 1 aromatic carbocycles. The number of hydrogen-bond acceptors (Lipinski definition) is 6. The van der Waals surface area contributed by atoms with Crippen LogP contribution < -0.4 is 16.0 Å². The molecular formula is C14H16N6. The summed E-state index contributed by atoms with van der Waals surface area (Å²) in [5.74, 6) is 1.42. The number of benzene rings is 1. The number of anilines is 3. The highest BCUT2D eigenvalue weighted by molar-refractivity contribution is 5.65. The number of hydrogen-bond donors (Lipinski definition) is 2. The molecule has 1 heterocycles. The topological polar surface area (TPSA) is 90.9 Å². The fourth-order valence-electron chi connectivity index (χ4n) is 1.76. The van der Waals surface area contributed by atoms with Crippen LogP contribution in [0.25, 0.3) is 0 Å². The van der Waals surface area contributed by atoms with Gasteiger partial charge in [0.05, 0.1) is 11.3 Å². The summed E-state index contributed by atoms with van der Waals surface area (Å²) in [5.41, 5.74) is 6.83. The first-order valence-electron chi connectivity index (χ1n) is 6.24. The number of nitriles is 1. The fraction of sp³-hybridized carbons (Fsp3) is 0.214. The SMILES string of the molecule is CN(CCN)c1cc(Nc2ccccc2C#N)ncn1. The maximum atomic E-state index is 9.06. The summed E-state index contributed by atoms with van der Waals surface area (Å²) in [5, 5.41) is 12.2. The van der Waals surface area contributed by atoms with Crippen LogP contribution in [0.1, 0.15) is 5.56 Å². The molecule has 0 amide bonds. The van der Waals surface area contributed by atoms with Crippen molar-refractivity contribution >= 4 is 17.3 Å². The van der Waals surface area contributed by atoms with Crippen molar-refractivity contribution in [1.82, 2.24) is 9.97 Å².